The van der Waals surface area contributed by atoms with E-state index < -0.39 is 60.1 Å². The van der Waals surface area contributed by atoms with Gasteiger partial charge in [-0.15, -0.1) is 0 Å². The lowest BCUT2D eigenvalue weighted by molar-refractivity contribution is 0.447. The molecule has 0 aliphatic rings. The quantitative estimate of drug-likeness (QED) is 0.174. The van der Waals surface area contributed by atoms with Crippen molar-refractivity contribution >= 4 is 68.2 Å². The molecule has 12 nitrogen and oxygen atoms in total. The number of hydrogen-bond donors (Lipinski definition) is 0. The summed E-state index contributed by atoms with van der Waals surface area (Å²) in [6, 6.07) is 6.35. The van der Waals surface area contributed by atoms with Crippen LogP contribution in [-0.2, 0) is 40.5 Å². The summed E-state index contributed by atoms with van der Waals surface area (Å²) in [6.45, 7) is 0. The van der Waals surface area contributed by atoms with Crippen molar-refractivity contribution in [2.75, 3.05) is 12.3 Å². The van der Waals surface area contributed by atoms with Crippen molar-refractivity contribution < 1.29 is 51.9 Å². The molecule has 0 N–H and O–H groups in total. The smallest absolute Gasteiger partial charge is 0.126 e. The maximum atomic E-state index is 11.5. The van der Waals surface area contributed by atoms with Gasteiger partial charge in [-0.3, -0.25) is 0 Å². The van der Waals surface area contributed by atoms with Gasteiger partial charge in [-0.2, -0.15) is 0 Å². The fourth-order valence-electron chi connectivity index (χ4n) is 3.09. The van der Waals surface area contributed by atoms with Gasteiger partial charge in [0.15, 0.2) is 0 Å². The van der Waals surface area contributed by atoms with Gasteiger partial charge in [-0.1, -0.05) is 47.8 Å². The molecule has 0 bridgehead atoms. The molecule has 0 radical (unpaired) electrons. The van der Waals surface area contributed by atoms with Crippen LogP contribution in [-0.4, -0.2) is 64.2 Å². The molecule has 0 saturated heterocycles. The minimum absolute atomic E-state index is 0.0697. The van der Waals surface area contributed by atoms with E-state index in [-0.39, 0.29) is 27.8 Å². The van der Waals surface area contributed by atoms with E-state index in [4.69, 9.17) is 0 Å². The van der Waals surface area contributed by atoms with Gasteiger partial charge in [0.2, 0.25) is 0 Å². The molecule has 2 unspecified atom stereocenters. The first-order valence-electron chi connectivity index (χ1n) is 9.51. The van der Waals surface area contributed by atoms with Crippen LogP contribution in [0, 0.1) is 0 Å². The van der Waals surface area contributed by atoms with E-state index in [0.717, 1.165) is 12.1 Å². The molecular weight excluding hydrogens is 586 g/mol. The molecule has 18 heteroatoms. The number of rotatable bonds is 12. The van der Waals surface area contributed by atoms with Gasteiger partial charge in [-0.05, 0) is 47.9 Å². The number of hydrogen-bond acceptors (Lipinski definition) is 12. The van der Waals surface area contributed by atoms with Crippen molar-refractivity contribution in [2.45, 2.75) is 38.8 Å². The van der Waals surface area contributed by atoms with Crippen LogP contribution in [0.1, 0.15) is 19.3 Å². The fraction of sp³-hybridized carbons (Fsp3) is 0.294. The molecule has 0 spiro atoms. The summed E-state index contributed by atoms with van der Waals surface area (Å²) in [5.74, 6) is 0. The molecular formula is C17H18O12P2S4-4. The zero-order valence-corrected chi connectivity index (χ0v) is 22.8. The third-order valence-electron chi connectivity index (χ3n) is 4.48. The average molecular weight is 605 g/mol. The Bertz CT molecular complexity index is 1400. The van der Waals surface area contributed by atoms with Gasteiger partial charge in [0.05, 0.1) is 19.6 Å². The van der Waals surface area contributed by atoms with Crippen LogP contribution in [0.5, 0.6) is 0 Å². The first-order chi connectivity index (χ1) is 15.9. The van der Waals surface area contributed by atoms with Crippen molar-refractivity contribution in [3.8, 4) is 0 Å². The zero-order valence-electron chi connectivity index (χ0n) is 17.5. The highest BCUT2D eigenvalue weighted by Crippen LogP contribution is 2.27. The minimum Gasteiger partial charge on any atom is -0.744 e. The number of benzene rings is 2. The second kappa shape index (κ2) is 11.5. The van der Waals surface area contributed by atoms with Crippen molar-refractivity contribution in [3.05, 3.63) is 36.4 Å². The maximum absolute atomic E-state index is 11.5. The molecule has 0 fully saturated rings. The second-order valence-corrected chi connectivity index (χ2v) is 15.1. The van der Waals surface area contributed by atoms with Crippen LogP contribution >= 0.6 is 17.2 Å². The van der Waals surface area contributed by atoms with Crippen molar-refractivity contribution in [2.24, 2.45) is 0 Å². The van der Waals surface area contributed by atoms with Gasteiger partial charge in [-0.25, -0.2) is 33.7 Å². The van der Waals surface area contributed by atoms with Crippen molar-refractivity contribution in [1.29, 1.82) is 0 Å². The third-order valence-corrected chi connectivity index (χ3v) is 11.5. The molecule has 196 valence electrons. The van der Waals surface area contributed by atoms with Gasteiger partial charge in [0.1, 0.15) is 40.5 Å². The summed E-state index contributed by atoms with van der Waals surface area (Å²) >= 11 is 0. The fourth-order valence-corrected chi connectivity index (χ4v) is 10.6. The molecule has 0 amide bonds. The highest BCUT2D eigenvalue weighted by molar-refractivity contribution is 7.89. The largest absolute Gasteiger partial charge is 0.744 e. The topological polar surface area (TPSA) is 229 Å². The Hall–Kier alpha value is -1.06. The highest BCUT2D eigenvalue weighted by atomic mass is 32.2. The molecule has 2 aromatic rings. The van der Waals surface area contributed by atoms with E-state index >= 15 is 0 Å². The first kappa shape index (κ1) is 30.2. The maximum Gasteiger partial charge on any atom is 0.126 e. The monoisotopic (exact) mass is 604 g/mol. The molecule has 0 saturated carbocycles. The van der Waals surface area contributed by atoms with E-state index in [0.29, 0.717) is 31.6 Å². The van der Waals surface area contributed by atoms with E-state index in [1.807, 2.05) is 0 Å². The summed E-state index contributed by atoms with van der Waals surface area (Å²) in [5, 5.41) is -0.139. The van der Waals surface area contributed by atoms with E-state index in [9.17, 15) is 51.9 Å². The Labute approximate surface area is 207 Å². The summed E-state index contributed by atoms with van der Waals surface area (Å²) in [4.78, 5) is -4.28. The highest BCUT2D eigenvalue weighted by Gasteiger charge is 2.20. The van der Waals surface area contributed by atoms with Gasteiger partial charge in [0, 0.05) is 0 Å². The Morgan fingerprint density at radius 3 is 1.14 bits per heavy atom. The lowest BCUT2D eigenvalue weighted by Gasteiger charge is -2.19. The lowest BCUT2D eigenvalue weighted by atomic mass is 10.3. The Morgan fingerprint density at radius 1 is 0.514 bits per heavy atom. The van der Waals surface area contributed by atoms with Gasteiger partial charge >= 0.3 is 0 Å². The summed E-state index contributed by atoms with van der Waals surface area (Å²) in [7, 11) is -21.4. The van der Waals surface area contributed by atoms with E-state index in [2.05, 4.69) is 0 Å². The molecule has 0 aromatic heterocycles. The molecule has 0 heterocycles. The van der Waals surface area contributed by atoms with Crippen LogP contribution < -0.4 is 10.6 Å². The molecule has 0 aliphatic heterocycles. The SMILES string of the molecule is O=S(=O)([O-])c1cccc(PCCCCCPc2cccc(S(=O)(=O)[O-])c2S(=O)(=O)[O-])c1S(=O)(=O)[O-]. The van der Waals surface area contributed by atoms with Crippen molar-refractivity contribution in [1.82, 2.24) is 0 Å². The summed E-state index contributed by atoms with van der Waals surface area (Å²) in [6.07, 6.45) is 2.25. The number of unbranched alkanes of at least 4 members (excludes halogenated alkanes) is 2. The first-order valence-corrected chi connectivity index (χ1v) is 17.6. The van der Waals surface area contributed by atoms with Crippen LogP contribution in [0.3, 0.4) is 0 Å². The Kier molecular flexibility index (Phi) is 9.95. The van der Waals surface area contributed by atoms with E-state index in [1.165, 1.54) is 24.3 Å². The molecule has 2 aromatic carbocycles. The lowest BCUT2D eigenvalue weighted by Crippen LogP contribution is -2.17. The summed E-state index contributed by atoms with van der Waals surface area (Å²) < 4.78 is 137. The van der Waals surface area contributed by atoms with Crippen LogP contribution in [0.25, 0.3) is 0 Å². The molecule has 2 atom stereocenters. The van der Waals surface area contributed by atoms with E-state index in [1.54, 1.807) is 0 Å². The third kappa shape index (κ3) is 8.49. The summed E-state index contributed by atoms with van der Waals surface area (Å²) in [5.41, 5.74) is 0. The van der Waals surface area contributed by atoms with Gasteiger partial charge in [0.25, 0.3) is 0 Å². The van der Waals surface area contributed by atoms with Crippen LogP contribution in [0.2, 0.25) is 0 Å². The molecule has 2 rings (SSSR count). The normalized spacial score (nSPS) is 13.8. The predicted molar refractivity (Wildman–Crippen MR) is 124 cm³/mol. The average Bonchev–Trinajstić information content (AvgIpc) is 2.69. The zero-order chi connectivity index (χ0) is 26.7. The van der Waals surface area contributed by atoms with Crippen LogP contribution in [0.4, 0.5) is 0 Å². The second-order valence-electron chi connectivity index (χ2n) is 7.00. The van der Waals surface area contributed by atoms with Gasteiger partial charge < -0.3 is 18.2 Å². The molecule has 0 aliphatic carbocycles. The standard InChI is InChI=1S/C17H22O12P2S4/c18-32(19,20)14-8-4-6-12(16(14)34(24,25)26)30-10-2-1-3-11-31-13-7-5-9-15(33(21,22)23)17(13)35(27,28)29/h4-9,30-31H,1-3,10-11H2,(H,18,19,20)(H,21,22,23)(H,24,25,26)(H,27,28,29)/p-4. The van der Waals surface area contributed by atoms with Crippen LogP contribution in [0.15, 0.2) is 56.0 Å². The Morgan fingerprint density at radius 2 is 0.857 bits per heavy atom. The predicted octanol–water partition coefficient (Wildman–Crippen LogP) is -0.219. The molecule has 35 heavy (non-hydrogen) atoms. The van der Waals surface area contributed by atoms with Crippen molar-refractivity contribution in [3.63, 3.8) is 0 Å². The Balaban J connectivity index is 2.01. The minimum atomic E-state index is -5.22.